The fourth-order valence-corrected chi connectivity index (χ4v) is 4.75. The molecule has 32 heavy (non-hydrogen) atoms. The molecular weight excluding hydrogens is 450 g/mol. The van der Waals surface area contributed by atoms with Crippen molar-refractivity contribution >= 4 is 27.4 Å². The summed E-state index contributed by atoms with van der Waals surface area (Å²) in [7, 11) is -4.00. The highest BCUT2D eigenvalue weighted by Crippen LogP contribution is 2.33. The summed E-state index contributed by atoms with van der Waals surface area (Å²) in [4.78, 5) is 11.3. The van der Waals surface area contributed by atoms with E-state index in [9.17, 15) is 13.2 Å². The van der Waals surface area contributed by atoms with Gasteiger partial charge in [-0.25, -0.2) is 17.9 Å². The number of aromatic carboxylic acids is 1. The predicted octanol–water partition coefficient (Wildman–Crippen LogP) is 4.74. The highest BCUT2D eigenvalue weighted by molar-refractivity contribution is 7.91. The first-order chi connectivity index (χ1) is 15.2. The molecule has 0 bridgehead atoms. The summed E-state index contributed by atoms with van der Waals surface area (Å²) in [6.07, 6.45) is 0. The van der Waals surface area contributed by atoms with E-state index in [1.165, 1.54) is 16.8 Å². The molecule has 4 aromatic rings. The number of carboxylic acids is 1. The van der Waals surface area contributed by atoms with Crippen LogP contribution in [0.2, 0.25) is 5.02 Å². The highest BCUT2D eigenvalue weighted by atomic mass is 35.5. The Morgan fingerprint density at radius 2 is 1.59 bits per heavy atom. The van der Waals surface area contributed by atoms with Crippen LogP contribution in [0.4, 0.5) is 0 Å². The Morgan fingerprint density at radius 3 is 2.19 bits per heavy atom. The summed E-state index contributed by atoms with van der Waals surface area (Å²) in [6.45, 7) is 3.75. The van der Waals surface area contributed by atoms with Crippen LogP contribution in [-0.4, -0.2) is 34.5 Å². The van der Waals surface area contributed by atoms with E-state index in [2.05, 4.69) is 10.3 Å². The number of halogens is 1. The van der Waals surface area contributed by atoms with Gasteiger partial charge in [0.05, 0.1) is 16.1 Å². The van der Waals surface area contributed by atoms with Crippen LogP contribution in [0, 0.1) is 13.8 Å². The lowest BCUT2D eigenvalue weighted by molar-refractivity contribution is 0.0697. The number of nitrogens with zero attached hydrogens (tertiary/aromatic N) is 3. The van der Waals surface area contributed by atoms with Gasteiger partial charge in [-0.2, -0.15) is 0 Å². The van der Waals surface area contributed by atoms with Crippen molar-refractivity contribution < 1.29 is 18.3 Å². The molecule has 162 valence electrons. The van der Waals surface area contributed by atoms with Crippen LogP contribution in [0.1, 0.15) is 21.5 Å². The number of aromatic nitrogens is 3. The number of hydrogen-bond donors (Lipinski definition) is 1. The molecule has 0 amide bonds. The van der Waals surface area contributed by atoms with Gasteiger partial charge < -0.3 is 5.11 Å². The van der Waals surface area contributed by atoms with Crippen LogP contribution < -0.4 is 0 Å². The zero-order valence-electron chi connectivity index (χ0n) is 17.2. The van der Waals surface area contributed by atoms with Crippen LogP contribution in [0.15, 0.2) is 76.7 Å². The van der Waals surface area contributed by atoms with E-state index in [4.69, 9.17) is 16.7 Å². The normalized spacial score (nSPS) is 11.5. The summed E-state index contributed by atoms with van der Waals surface area (Å²) < 4.78 is 28.4. The third-order valence-electron chi connectivity index (χ3n) is 5.16. The fraction of sp³-hybridized carbons (Fsp3) is 0.0870. The molecule has 9 heteroatoms. The number of rotatable bonds is 5. The van der Waals surface area contributed by atoms with E-state index < -0.39 is 15.8 Å². The summed E-state index contributed by atoms with van der Waals surface area (Å²) in [5.41, 5.74) is 3.19. The van der Waals surface area contributed by atoms with Crippen LogP contribution in [0.3, 0.4) is 0 Å². The van der Waals surface area contributed by atoms with Gasteiger partial charge in [0.15, 0.2) is 0 Å². The molecule has 1 N–H and O–H groups in total. The maximum Gasteiger partial charge on any atom is 0.335 e. The van der Waals surface area contributed by atoms with Crippen molar-refractivity contribution in [3.05, 3.63) is 88.4 Å². The van der Waals surface area contributed by atoms with Crippen LogP contribution >= 0.6 is 11.6 Å². The SMILES string of the molecule is Cc1ccc(S(=O)(=O)c2nnn(-c3ccc(C(=O)O)cc3)c2-c2ccc(Cl)cc2)cc1C. The molecule has 0 radical (unpaired) electrons. The highest BCUT2D eigenvalue weighted by Gasteiger charge is 2.29. The van der Waals surface area contributed by atoms with Crippen LogP contribution in [0.25, 0.3) is 16.9 Å². The van der Waals surface area contributed by atoms with Gasteiger partial charge >= 0.3 is 5.97 Å². The smallest absolute Gasteiger partial charge is 0.335 e. The first-order valence-corrected chi connectivity index (χ1v) is 11.4. The third kappa shape index (κ3) is 3.90. The van der Waals surface area contributed by atoms with Gasteiger partial charge in [-0.05, 0) is 73.5 Å². The molecule has 0 saturated heterocycles. The lowest BCUT2D eigenvalue weighted by Gasteiger charge is -2.10. The zero-order valence-corrected chi connectivity index (χ0v) is 18.7. The summed E-state index contributed by atoms with van der Waals surface area (Å²) >= 11 is 6.02. The van der Waals surface area contributed by atoms with E-state index in [0.29, 0.717) is 16.3 Å². The van der Waals surface area contributed by atoms with Crippen molar-refractivity contribution in [3.8, 4) is 16.9 Å². The van der Waals surface area contributed by atoms with Crippen molar-refractivity contribution in [1.29, 1.82) is 0 Å². The number of carbonyl (C=O) groups is 1. The maximum absolute atomic E-state index is 13.5. The molecule has 0 aliphatic heterocycles. The van der Waals surface area contributed by atoms with Gasteiger partial charge in [-0.15, -0.1) is 5.10 Å². The van der Waals surface area contributed by atoms with E-state index in [1.807, 2.05) is 13.8 Å². The van der Waals surface area contributed by atoms with Gasteiger partial charge in [0, 0.05) is 10.6 Å². The third-order valence-corrected chi connectivity index (χ3v) is 7.07. The standard InChI is InChI=1S/C23H18ClN3O4S/c1-14-3-12-20(13-15(14)2)32(30,31)22-21(16-4-8-18(24)9-5-16)27(26-25-22)19-10-6-17(7-11-19)23(28)29/h3-13H,1-2H3,(H,28,29). The van der Waals surface area contributed by atoms with Gasteiger partial charge in [0.25, 0.3) is 0 Å². The largest absolute Gasteiger partial charge is 0.478 e. The summed E-state index contributed by atoms with van der Waals surface area (Å²) in [5.74, 6) is -1.06. The lowest BCUT2D eigenvalue weighted by Crippen LogP contribution is -2.07. The van der Waals surface area contributed by atoms with E-state index in [-0.39, 0.29) is 21.2 Å². The van der Waals surface area contributed by atoms with Gasteiger partial charge in [0.2, 0.25) is 14.9 Å². The van der Waals surface area contributed by atoms with Crippen LogP contribution in [0.5, 0.6) is 0 Å². The Kier molecular flexibility index (Phi) is 5.58. The first kappa shape index (κ1) is 21.7. The summed E-state index contributed by atoms with van der Waals surface area (Å²) in [5, 5.41) is 17.6. The average Bonchev–Trinajstić information content (AvgIpc) is 3.22. The molecule has 0 saturated carbocycles. The molecule has 0 atom stereocenters. The molecule has 0 spiro atoms. The second kappa shape index (κ2) is 8.22. The number of aryl methyl sites for hydroxylation is 2. The molecule has 0 aliphatic rings. The number of hydrogen-bond acceptors (Lipinski definition) is 5. The monoisotopic (exact) mass is 467 g/mol. The molecule has 0 unspecified atom stereocenters. The quantitative estimate of drug-likeness (QED) is 0.455. The molecule has 0 aliphatic carbocycles. The minimum Gasteiger partial charge on any atom is -0.478 e. The van der Waals surface area contributed by atoms with E-state index in [0.717, 1.165) is 11.1 Å². The van der Waals surface area contributed by atoms with Crippen molar-refractivity contribution in [2.75, 3.05) is 0 Å². The zero-order chi connectivity index (χ0) is 23.0. The Labute approximate surface area is 189 Å². The molecule has 1 heterocycles. The number of sulfone groups is 1. The Hall–Kier alpha value is -3.49. The molecule has 7 nitrogen and oxygen atoms in total. The fourth-order valence-electron chi connectivity index (χ4n) is 3.22. The molecule has 4 rings (SSSR count). The van der Waals surface area contributed by atoms with E-state index in [1.54, 1.807) is 54.6 Å². The average molecular weight is 468 g/mol. The number of benzene rings is 3. The van der Waals surface area contributed by atoms with Crippen molar-refractivity contribution in [1.82, 2.24) is 15.0 Å². The molecule has 1 aromatic heterocycles. The lowest BCUT2D eigenvalue weighted by atomic mass is 10.1. The first-order valence-electron chi connectivity index (χ1n) is 9.56. The van der Waals surface area contributed by atoms with Crippen molar-refractivity contribution in [3.63, 3.8) is 0 Å². The second-order valence-electron chi connectivity index (χ2n) is 7.26. The Morgan fingerprint density at radius 1 is 0.938 bits per heavy atom. The van der Waals surface area contributed by atoms with E-state index >= 15 is 0 Å². The minimum atomic E-state index is -4.00. The minimum absolute atomic E-state index is 0.102. The van der Waals surface area contributed by atoms with Crippen molar-refractivity contribution in [2.45, 2.75) is 23.8 Å². The maximum atomic E-state index is 13.5. The molecule has 3 aromatic carbocycles. The predicted molar refractivity (Wildman–Crippen MR) is 120 cm³/mol. The number of carboxylic acid groups (broad SMARTS) is 1. The Balaban J connectivity index is 1.94. The van der Waals surface area contributed by atoms with Crippen molar-refractivity contribution in [2.24, 2.45) is 0 Å². The molecular formula is C23H18ClN3O4S. The van der Waals surface area contributed by atoms with Gasteiger partial charge in [-0.3, -0.25) is 0 Å². The Bertz CT molecular complexity index is 1430. The summed E-state index contributed by atoms with van der Waals surface area (Å²) in [6, 6.07) is 17.5. The topological polar surface area (TPSA) is 102 Å². The van der Waals surface area contributed by atoms with Gasteiger partial charge in [-0.1, -0.05) is 35.0 Å². The van der Waals surface area contributed by atoms with Gasteiger partial charge in [0.1, 0.15) is 5.69 Å². The molecule has 0 fully saturated rings. The second-order valence-corrected chi connectivity index (χ2v) is 9.56. The van der Waals surface area contributed by atoms with Crippen LogP contribution in [-0.2, 0) is 9.84 Å².